The second kappa shape index (κ2) is 5.90. The van der Waals surface area contributed by atoms with Gasteiger partial charge in [-0.05, 0) is 30.3 Å². The second-order valence-electron chi connectivity index (χ2n) is 5.06. The molecule has 3 aromatic rings. The maximum absolute atomic E-state index is 12.8. The summed E-state index contributed by atoms with van der Waals surface area (Å²) in [5.41, 5.74) is 2.41. The van der Waals surface area contributed by atoms with Gasteiger partial charge >= 0.3 is 0 Å². The summed E-state index contributed by atoms with van der Waals surface area (Å²) < 4.78 is 7.18. The zero-order valence-electron chi connectivity index (χ0n) is 12.5. The number of fused-ring (bicyclic) bond motifs is 1. The average molecular weight is 291 g/mol. The van der Waals surface area contributed by atoms with Crippen LogP contribution in [0.2, 0.25) is 0 Å². The SMILES string of the molecule is C=CCn1cc(C(=O)c2ccc(OC)cc2)c2ccccc21. The van der Waals surface area contributed by atoms with E-state index in [-0.39, 0.29) is 5.78 Å². The fourth-order valence-corrected chi connectivity index (χ4v) is 2.62. The number of carbonyl (C=O) groups excluding carboxylic acids is 1. The van der Waals surface area contributed by atoms with Gasteiger partial charge in [-0.3, -0.25) is 4.79 Å². The maximum Gasteiger partial charge on any atom is 0.195 e. The summed E-state index contributed by atoms with van der Waals surface area (Å²) in [5.74, 6) is 0.757. The molecule has 0 amide bonds. The first-order valence-corrected chi connectivity index (χ1v) is 7.12. The molecule has 22 heavy (non-hydrogen) atoms. The lowest BCUT2D eigenvalue weighted by atomic mass is 10.0. The lowest BCUT2D eigenvalue weighted by Crippen LogP contribution is -2.00. The third-order valence-corrected chi connectivity index (χ3v) is 3.71. The molecule has 0 aliphatic heterocycles. The van der Waals surface area contributed by atoms with Crippen molar-refractivity contribution in [2.45, 2.75) is 6.54 Å². The van der Waals surface area contributed by atoms with Crippen LogP contribution in [0.15, 0.2) is 67.4 Å². The van der Waals surface area contributed by atoms with E-state index in [1.54, 1.807) is 31.4 Å². The fraction of sp³-hybridized carbons (Fsp3) is 0.105. The molecule has 0 spiro atoms. The Kier molecular flexibility index (Phi) is 3.79. The number of allylic oxidation sites excluding steroid dienone is 1. The number of para-hydroxylation sites is 1. The van der Waals surface area contributed by atoms with Crippen LogP contribution in [0.5, 0.6) is 5.75 Å². The Balaban J connectivity index is 2.08. The molecule has 0 N–H and O–H groups in total. The van der Waals surface area contributed by atoms with E-state index in [2.05, 4.69) is 6.58 Å². The van der Waals surface area contributed by atoms with Gasteiger partial charge in [-0.15, -0.1) is 6.58 Å². The number of benzene rings is 2. The van der Waals surface area contributed by atoms with Gasteiger partial charge in [-0.2, -0.15) is 0 Å². The van der Waals surface area contributed by atoms with Gasteiger partial charge in [-0.25, -0.2) is 0 Å². The molecule has 110 valence electrons. The largest absolute Gasteiger partial charge is 0.497 e. The number of hydrogen-bond acceptors (Lipinski definition) is 2. The zero-order chi connectivity index (χ0) is 15.5. The second-order valence-corrected chi connectivity index (χ2v) is 5.06. The summed E-state index contributed by atoms with van der Waals surface area (Å²) in [4.78, 5) is 12.8. The molecule has 3 rings (SSSR count). The number of carbonyl (C=O) groups is 1. The summed E-state index contributed by atoms with van der Waals surface area (Å²) in [7, 11) is 1.61. The van der Waals surface area contributed by atoms with Crippen molar-refractivity contribution < 1.29 is 9.53 Å². The van der Waals surface area contributed by atoms with Crippen LogP contribution in [0.25, 0.3) is 10.9 Å². The highest BCUT2D eigenvalue weighted by Gasteiger charge is 2.16. The smallest absolute Gasteiger partial charge is 0.195 e. The first kappa shape index (κ1) is 14.1. The van der Waals surface area contributed by atoms with Crippen molar-refractivity contribution in [3.05, 3.63) is 78.5 Å². The summed E-state index contributed by atoms with van der Waals surface area (Å²) >= 11 is 0. The maximum atomic E-state index is 12.8. The molecule has 3 nitrogen and oxygen atoms in total. The molecule has 0 saturated heterocycles. The Labute approximate surface area is 129 Å². The van der Waals surface area contributed by atoms with E-state index in [0.717, 1.165) is 16.7 Å². The monoisotopic (exact) mass is 291 g/mol. The van der Waals surface area contributed by atoms with E-state index in [0.29, 0.717) is 17.7 Å². The summed E-state index contributed by atoms with van der Waals surface area (Å²) in [6, 6.07) is 15.1. The molecule has 1 aromatic heterocycles. The van der Waals surface area contributed by atoms with Gasteiger partial charge < -0.3 is 9.30 Å². The van der Waals surface area contributed by atoms with E-state index in [1.807, 2.05) is 41.1 Å². The van der Waals surface area contributed by atoms with Crippen LogP contribution in [0.4, 0.5) is 0 Å². The normalized spacial score (nSPS) is 10.6. The Bertz CT molecular complexity index is 828. The number of methoxy groups -OCH3 is 1. The van der Waals surface area contributed by atoms with Crippen LogP contribution in [-0.2, 0) is 6.54 Å². The Hall–Kier alpha value is -2.81. The number of ketones is 1. The predicted octanol–water partition coefficient (Wildman–Crippen LogP) is 4.07. The van der Waals surface area contributed by atoms with E-state index in [9.17, 15) is 4.79 Å². The lowest BCUT2D eigenvalue weighted by molar-refractivity contribution is 0.104. The highest BCUT2D eigenvalue weighted by Crippen LogP contribution is 2.24. The minimum absolute atomic E-state index is 0.0154. The van der Waals surface area contributed by atoms with Crippen LogP contribution in [0.3, 0.4) is 0 Å². The van der Waals surface area contributed by atoms with Crippen LogP contribution < -0.4 is 4.74 Å². The third kappa shape index (κ3) is 2.42. The highest BCUT2D eigenvalue weighted by molar-refractivity contribution is 6.16. The van der Waals surface area contributed by atoms with E-state index in [1.165, 1.54) is 0 Å². The summed E-state index contributed by atoms with van der Waals surface area (Å²) in [6.07, 6.45) is 3.73. The van der Waals surface area contributed by atoms with E-state index in [4.69, 9.17) is 4.74 Å². The van der Waals surface area contributed by atoms with Crippen molar-refractivity contribution in [2.24, 2.45) is 0 Å². The molecular weight excluding hydrogens is 274 g/mol. The molecule has 0 unspecified atom stereocenters. The van der Waals surface area contributed by atoms with E-state index < -0.39 is 0 Å². The number of ether oxygens (including phenoxy) is 1. The van der Waals surface area contributed by atoms with Gasteiger partial charge in [0.1, 0.15) is 5.75 Å². The first-order valence-electron chi connectivity index (χ1n) is 7.12. The van der Waals surface area contributed by atoms with Gasteiger partial charge in [0.25, 0.3) is 0 Å². The first-order chi connectivity index (χ1) is 10.7. The fourth-order valence-electron chi connectivity index (χ4n) is 2.62. The number of hydrogen-bond donors (Lipinski definition) is 0. The van der Waals surface area contributed by atoms with E-state index >= 15 is 0 Å². The molecule has 0 aliphatic rings. The molecule has 0 atom stereocenters. The minimum atomic E-state index is 0.0154. The molecule has 0 saturated carbocycles. The Morgan fingerprint density at radius 2 is 1.91 bits per heavy atom. The van der Waals surface area contributed by atoms with Crippen molar-refractivity contribution in [3.8, 4) is 5.75 Å². The number of aromatic nitrogens is 1. The molecule has 1 heterocycles. The Morgan fingerprint density at radius 3 is 2.59 bits per heavy atom. The zero-order valence-corrected chi connectivity index (χ0v) is 12.5. The summed E-state index contributed by atoms with van der Waals surface area (Å²) in [5, 5.41) is 0.963. The number of rotatable bonds is 5. The van der Waals surface area contributed by atoms with Crippen molar-refractivity contribution in [3.63, 3.8) is 0 Å². The molecule has 2 aromatic carbocycles. The third-order valence-electron chi connectivity index (χ3n) is 3.71. The Morgan fingerprint density at radius 1 is 1.18 bits per heavy atom. The van der Waals surface area contributed by atoms with Gasteiger partial charge in [0, 0.05) is 34.8 Å². The van der Waals surface area contributed by atoms with Crippen molar-refractivity contribution >= 4 is 16.7 Å². The molecule has 0 radical (unpaired) electrons. The van der Waals surface area contributed by atoms with Gasteiger partial charge in [0.2, 0.25) is 0 Å². The molecule has 3 heteroatoms. The van der Waals surface area contributed by atoms with Crippen molar-refractivity contribution in [2.75, 3.05) is 7.11 Å². The molecule has 0 bridgehead atoms. The van der Waals surface area contributed by atoms with Crippen LogP contribution in [0.1, 0.15) is 15.9 Å². The molecule has 0 fully saturated rings. The summed E-state index contributed by atoms with van der Waals surface area (Å²) in [6.45, 7) is 4.45. The average Bonchev–Trinajstić information content (AvgIpc) is 2.94. The van der Waals surface area contributed by atoms with Crippen molar-refractivity contribution in [1.29, 1.82) is 0 Å². The standard InChI is InChI=1S/C19H17NO2/c1-3-12-20-13-17(16-6-4-5-7-18(16)20)19(21)14-8-10-15(22-2)11-9-14/h3-11,13H,1,12H2,2H3. The van der Waals surface area contributed by atoms with Crippen molar-refractivity contribution in [1.82, 2.24) is 4.57 Å². The minimum Gasteiger partial charge on any atom is -0.497 e. The van der Waals surface area contributed by atoms with Crippen LogP contribution in [0, 0.1) is 0 Å². The van der Waals surface area contributed by atoms with Gasteiger partial charge in [-0.1, -0.05) is 24.3 Å². The topological polar surface area (TPSA) is 31.2 Å². The predicted molar refractivity (Wildman–Crippen MR) is 88.6 cm³/mol. The van der Waals surface area contributed by atoms with Gasteiger partial charge in [0.15, 0.2) is 5.78 Å². The quantitative estimate of drug-likeness (QED) is 0.524. The van der Waals surface area contributed by atoms with Crippen LogP contribution >= 0.6 is 0 Å². The van der Waals surface area contributed by atoms with Crippen LogP contribution in [-0.4, -0.2) is 17.5 Å². The highest BCUT2D eigenvalue weighted by atomic mass is 16.5. The lowest BCUT2D eigenvalue weighted by Gasteiger charge is -2.02. The number of nitrogens with zero attached hydrogens (tertiary/aromatic N) is 1. The van der Waals surface area contributed by atoms with Gasteiger partial charge in [0.05, 0.1) is 7.11 Å². The molecule has 0 aliphatic carbocycles. The molecular formula is C19H17NO2.